The van der Waals surface area contributed by atoms with Crippen molar-refractivity contribution in [2.45, 2.75) is 51.6 Å². The van der Waals surface area contributed by atoms with Crippen LogP contribution in [0.2, 0.25) is 0 Å². The lowest BCUT2D eigenvalue weighted by molar-refractivity contribution is -0.138. The molecule has 0 unspecified atom stereocenters. The molecule has 0 bridgehead atoms. The minimum absolute atomic E-state index is 0.168. The van der Waals surface area contributed by atoms with Gasteiger partial charge in [-0.3, -0.25) is 9.59 Å². The van der Waals surface area contributed by atoms with Gasteiger partial charge in [0.05, 0.1) is 33.1 Å². The predicted molar refractivity (Wildman–Crippen MR) is 133 cm³/mol. The highest BCUT2D eigenvalue weighted by atomic mass is 16.5. The summed E-state index contributed by atoms with van der Waals surface area (Å²) in [5.41, 5.74) is 2.74. The third-order valence-corrected chi connectivity index (χ3v) is 6.12. The number of ether oxygens (including phenoxy) is 3. The van der Waals surface area contributed by atoms with Crippen molar-refractivity contribution in [1.82, 2.24) is 5.32 Å². The number of carboxylic acid groups (broad SMARTS) is 1. The van der Waals surface area contributed by atoms with Crippen LogP contribution in [-0.4, -0.2) is 44.4 Å². The van der Waals surface area contributed by atoms with E-state index in [1.807, 2.05) is 13.0 Å². The highest BCUT2D eigenvalue weighted by Gasteiger charge is 2.29. The summed E-state index contributed by atoms with van der Waals surface area (Å²) in [6.45, 7) is 3.31. The van der Waals surface area contributed by atoms with Gasteiger partial charge in [0, 0.05) is 12.5 Å². The number of carbonyl (C=O) groups is 2. The van der Waals surface area contributed by atoms with Crippen LogP contribution >= 0.6 is 0 Å². The Morgan fingerprint density at radius 2 is 1.83 bits per heavy atom. The van der Waals surface area contributed by atoms with Gasteiger partial charge in [0.2, 0.25) is 17.1 Å². The molecule has 1 amide bonds. The first-order chi connectivity index (χ1) is 16.7. The van der Waals surface area contributed by atoms with Crippen LogP contribution in [0, 0.1) is 0 Å². The average Bonchev–Trinajstić information content (AvgIpc) is 3.06. The fraction of sp³-hybridized carbons (Fsp3) is 0.423. The smallest absolute Gasteiger partial charge is 0.326 e. The highest BCUT2D eigenvalue weighted by molar-refractivity contribution is 5.84. The zero-order valence-corrected chi connectivity index (χ0v) is 20.7. The number of nitrogens with one attached hydrogen (secondary N) is 2. The van der Waals surface area contributed by atoms with Gasteiger partial charge in [-0.15, -0.1) is 0 Å². The molecule has 0 radical (unpaired) electrons. The van der Waals surface area contributed by atoms with Gasteiger partial charge in [-0.2, -0.15) is 0 Å². The molecular weight excluding hydrogens is 452 g/mol. The molecule has 2 aromatic rings. The number of aliphatic carboxylic acids is 1. The van der Waals surface area contributed by atoms with Gasteiger partial charge in [0.25, 0.3) is 0 Å². The van der Waals surface area contributed by atoms with Crippen LogP contribution in [0.4, 0.5) is 5.69 Å². The molecule has 9 nitrogen and oxygen atoms in total. The number of rotatable bonds is 9. The van der Waals surface area contributed by atoms with Crippen LogP contribution in [-0.2, 0) is 16.0 Å². The molecule has 188 valence electrons. The quantitative estimate of drug-likeness (QED) is 0.494. The number of hydrogen-bond donors (Lipinski definition) is 3. The van der Waals surface area contributed by atoms with E-state index in [0.717, 1.165) is 11.1 Å². The number of fused-ring (bicyclic) bond motifs is 3. The number of aryl methyl sites for hydroxylation is 1. The molecule has 35 heavy (non-hydrogen) atoms. The molecule has 9 heteroatoms. The Balaban J connectivity index is 2.32. The third-order valence-electron chi connectivity index (χ3n) is 6.12. The largest absolute Gasteiger partial charge is 0.493 e. The average molecular weight is 485 g/mol. The van der Waals surface area contributed by atoms with Crippen molar-refractivity contribution < 1.29 is 28.9 Å². The van der Waals surface area contributed by atoms with E-state index >= 15 is 0 Å². The van der Waals surface area contributed by atoms with Crippen molar-refractivity contribution in [1.29, 1.82) is 0 Å². The minimum atomic E-state index is -1.03. The Labute approximate surface area is 204 Å². The van der Waals surface area contributed by atoms with Crippen LogP contribution in [0.3, 0.4) is 0 Å². The maximum atomic E-state index is 13.2. The predicted octanol–water partition coefficient (Wildman–Crippen LogP) is 3.53. The number of hydrogen-bond acceptors (Lipinski definition) is 7. The van der Waals surface area contributed by atoms with Gasteiger partial charge in [0.1, 0.15) is 6.04 Å². The zero-order valence-electron chi connectivity index (χ0n) is 20.7. The summed E-state index contributed by atoms with van der Waals surface area (Å²) in [4.78, 5) is 36.9. The lowest BCUT2D eigenvalue weighted by atomic mass is 9.95. The van der Waals surface area contributed by atoms with Crippen LogP contribution in [0.15, 0.2) is 29.1 Å². The van der Waals surface area contributed by atoms with Crippen molar-refractivity contribution >= 4 is 17.6 Å². The molecule has 0 aromatic heterocycles. The molecule has 0 fully saturated rings. The number of methoxy groups -OCH3 is 3. The molecule has 0 spiro atoms. The van der Waals surface area contributed by atoms with E-state index in [4.69, 9.17) is 14.2 Å². The van der Waals surface area contributed by atoms with Gasteiger partial charge in [0.15, 0.2) is 11.5 Å². The molecule has 0 heterocycles. The molecule has 1 aliphatic rings. The lowest BCUT2D eigenvalue weighted by Crippen LogP contribution is -2.31. The van der Waals surface area contributed by atoms with Crippen LogP contribution in [0.5, 0.6) is 17.2 Å². The minimum Gasteiger partial charge on any atom is -0.493 e. The third kappa shape index (κ3) is 5.34. The molecule has 3 N–H and O–H groups in total. The molecule has 3 rings (SSSR count). The van der Waals surface area contributed by atoms with Crippen LogP contribution < -0.4 is 30.3 Å². The Bertz CT molecular complexity index is 1180. The van der Waals surface area contributed by atoms with Crippen molar-refractivity contribution in [2.24, 2.45) is 0 Å². The Hall–Kier alpha value is -3.75. The van der Waals surface area contributed by atoms with Crippen molar-refractivity contribution in [2.75, 3.05) is 26.6 Å². The standard InChI is InChI=1S/C26H32N2O7/c1-6-7-20(26(31)32)28-19-11-9-16-17(13-21(19)30)18(27-14(2)29)10-8-15-12-22(33-3)24(34-4)25(35-5)23(15)16/h9,11-13,18,20H,6-8,10H2,1-5H3,(H,27,29)(H,28,30)(H,31,32)/t18-,20+/m1/s1. The zero-order chi connectivity index (χ0) is 25.7. The summed E-state index contributed by atoms with van der Waals surface area (Å²) >= 11 is 0. The monoisotopic (exact) mass is 484 g/mol. The fourth-order valence-electron chi connectivity index (χ4n) is 4.56. The molecule has 0 aliphatic heterocycles. The van der Waals surface area contributed by atoms with Gasteiger partial charge < -0.3 is 30.0 Å². The second-order valence-corrected chi connectivity index (χ2v) is 8.42. The van der Waals surface area contributed by atoms with E-state index in [2.05, 4.69) is 10.6 Å². The van der Waals surface area contributed by atoms with Crippen molar-refractivity contribution in [3.05, 3.63) is 45.6 Å². The summed E-state index contributed by atoms with van der Waals surface area (Å²) < 4.78 is 16.9. The first-order valence-electron chi connectivity index (χ1n) is 11.5. The molecule has 1 aliphatic carbocycles. The van der Waals surface area contributed by atoms with Gasteiger partial charge in [-0.1, -0.05) is 19.4 Å². The first kappa shape index (κ1) is 25.9. The van der Waals surface area contributed by atoms with E-state index in [-0.39, 0.29) is 17.0 Å². The maximum absolute atomic E-state index is 13.2. The molecule has 0 saturated heterocycles. The Morgan fingerprint density at radius 1 is 1.11 bits per heavy atom. The summed E-state index contributed by atoms with van der Waals surface area (Å²) in [5, 5.41) is 15.4. The topological polar surface area (TPSA) is 123 Å². The van der Waals surface area contributed by atoms with Crippen LogP contribution in [0.25, 0.3) is 11.1 Å². The highest BCUT2D eigenvalue weighted by Crippen LogP contribution is 2.50. The van der Waals surface area contributed by atoms with E-state index in [9.17, 15) is 19.5 Å². The van der Waals surface area contributed by atoms with E-state index in [1.54, 1.807) is 19.2 Å². The maximum Gasteiger partial charge on any atom is 0.326 e. The second kappa shape index (κ2) is 11.1. The summed E-state index contributed by atoms with van der Waals surface area (Å²) in [6, 6.07) is 5.36. The Kier molecular flexibility index (Phi) is 8.22. The SMILES string of the molecule is CCC[C@H](Nc1ccc2c(cc1=O)[C@H](NC(C)=O)CCc1cc(OC)c(OC)c(OC)c1-2)C(=O)O. The number of anilines is 1. The molecule has 2 aromatic carbocycles. The molecule has 2 atom stereocenters. The van der Waals surface area contributed by atoms with Gasteiger partial charge >= 0.3 is 5.97 Å². The first-order valence-corrected chi connectivity index (χ1v) is 11.5. The Morgan fingerprint density at radius 3 is 2.40 bits per heavy atom. The molecular formula is C26H32N2O7. The van der Waals surface area contributed by atoms with Crippen molar-refractivity contribution in [3.63, 3.8) is 0 Å². The number of benzene rings is 1. The normalized spacial score (nSPS) is 15.1. The summed E-state index contributed by atoms with van der Waals surface area (Å²) in [5.74, 6) is 0.131. The second-order valence-electron chi connectivity index (χ2n) is 8.42. The number of carboxylic acids is 1. The lowest BCUT2D eigenvalue weighted by Gasteiger charge is -2.19. The van der Waals surface area contributed by atoms with Gasteiger partial charge in [-0.05, 0) is 54.2 Å². The van der Waals surface area contributed by atoms with Crippen LogP contribution in [0.1, 0.15) is 50.3 Å². The summed E-state index contributed by atoms with van der Waals surface area (Å²) in [6.07, 6.45) is 2.14. The molecule has 0 saturated carbocycles. The number of amides is 1. The summed E-state index contributed by atoms with van der Waals surface area (Å²) in [7, 11) is 4.60. The van der Waals surface area contributed by atoms with E-state index in [0.29, 0.717) is 54.1 Å². The number of carbonyl (C=O) groups excluding carboxylic acids is 1. The fourth-order valence-corrected chi connectivity index (χ4v) is 4.56. The van der Waals surface area contributed by atoms with E-state index < -0.39 is 18.1 Å². The van der Waals surface area contributed by atoms with Crippen molar-refractivity contribution in [3.8, 4) is 28.4 Å². The van der Waals surface area contributed by atoms with Gasteiger partial charge in [-0.25, -0.2) is 4.79 Å². The van der Waals surface area contributed by atoms with E-state index in [1.165, 1.54) is 27.2 Å².